The number of nitrogens with zero attached hydrogens (tertiary/aromatic N) is 2. The van der Waals surface area contributed by atoms with Crippen molar-refractivity contribution in [1.29, 1.82) is 0 Å². The fourth-order valence-corrected chi connectivity index (χ4v) is 2.78. The number of hydrogen-bond acceptors (Lipinski definition) is 5. The third-order valence-corrected chi connectivity index (χ3v) is 4.11. The van der Waals surface area contributed by atoms with Gasteiger partial charge in [0.05, 0.1) is 12.8 Å². The van der Waals surface area contributed by atoms with Crippen LogP contribution in [0.5, 0.6) is 0 Å². The minimum Gasteiger partial charge on any atom is -0.399 e. The summed E-state index contributed by atoms with van der Waals surface area (Å²) in [5, 5.41) is 1.67. The molecule has 0 amide bonds. The summed E-state index contributed by atoms with van der Waals surface area (Å²) < 4.78 is 24.1. The van der Waals surface area contributed by atoms with Gasteiger partial charge in [0.25, 0.3) is 0 Å². The lowest BCUT2D eigenvalue weighted by atomic mass is 10.1. The first-order valence-electron chi connectivity index (χ1n) is 5.36. The second kappa shape index (κ2) is 4.70. The molecular formula is C9H17N3O3S. The topological polar surface area (TPSA) is 61.9 Å². The minimum absolute atomic E-state index is 0.290. The van der Waals surface area contributed by atoms with Crippen molar-refractivity contribution < 1.29 is 13.3 Å². The van der Waals surface area contributed by atoms with Gasteiger partial charge < -0.3 is 4.84 Å². The monoisotopic (exact) mass is 247 g/mol. The van der Waals surface area contributed by atoms with Crippen LogP contribution in [0.2, 0.25) is 0 Å². The molecule has 0 aromatic carbocycles. The summed E-state index contributed by atoms with van der Waals surface area (Å²) in [6.07, 6.45) is 6.44. The van der Waals surface area contributed by atoms with Crippen molar-refractivity contribution in [3.8, 4) is 0 Å². The van der Waals surface area contributed by atoms with E-state index >= 15 is 0 Å². The molecule has 2 aliphatic rings. The van der Waals surface area contributed by atoms with E-state index in [1.54, 1.807) is 11.4 Å². The first kappa shape index (κ1) is 11.8. The van der Waals surface area contributed by atoms with Crippen LogP contribution >= 0.6 is 0 Å². The van der Waals surface area contributed by atoms with Crippen LogP contribution in [0.3, 0.4) is 0 Å². The molecule has 1 fully saturated rings. The molecule has 6 nitrogen and oxygen atoms in total. The highest BCUT2D eigenvalue weighted by molar-refractivity contribution is 7.88. The summed E-state index contributed by atoms with van der Waals surface area (Å²) in [7, 11) is -3.03. The van der Waals surface area contributed by atoms with Gasteiger partial charge in [-0.25, -0.2) is 18.1 Å². The molecule has 0 bridgehead atoms. The summed E-state index contributed by atoms with van der Waals surface area (Å²) in [6.45, 7) is 1.89. The Morgan fingerprint density at radius 3 is 2.56 bits per heavy atom. The molecule has 2 heterocycles. The molecule has 0 aliphatic carbocycles. The largest absolute Gasteiger partial charge is 0.399 e. The van der Waals surface area contributed by atoms with Crippen LogP contribution in [0.15, 0.2) is 12.3 Å². The summed E-state index contributed by atoms with van der Waals surface area (Å²) in [5.74, 6) is 0. The van der Waals surface area contributed by atoms with Gasteiger partial charge in [-0.15, -0.1) is 0 Å². The highest BCUT2D eigenvalue weighted by atomic mass is 32.2. The zero-order valence-electron chi connectivity index (χ0n) is 9.30. The van der Waals surface area contributed by atoms with Gasteiger partial charge in [0.1, 0.15) is 6.26 Å². The van der Waals surface area contributed by atoms with Gasteiger partial charge in [0, 0.05) is 19.1 Å². The summed E-state index contributed by atoms with van der Waals surface area (Å²) >= 11 is 0. The Hall–Kier alpha value is -0.630. The Morgan fingerprint density at radius 2 is 2.06 bits per heavy atom. The molecule has 16 heavy (non-hydrogen) atoms. The predicted molar refractivity (Wildman–Crippen MR) is 59.5 cm³/mol. The van der Waals surface area contributed by atoms with E-state index in [1.165, 1.54) is 10.6 Å². The highest BCUT2D eigenvalue weighted by Crippen LogP contribution is 2.14. The lowest BCUT2D eigenvalue weighted by Crippen LogP contribution is -2.49. The van der Waals surface area contributed by atoms with Crippen molar-refractivity contribution in [3.05, 3.63) is 12.3 Å². The van der Waals surface area contributed by atoms with E-state index in [9.17, 15) is 8.42 Å². The SMILES string of the molecule is CS(=O)(=O)N1CCC(NN2CC=CO2)CC1. The summed E-state index contributed by atoms with van der Waals surface area (Å²) in [5.41, 5.74) is 3.22. The minimum atomic E-state index is -3.03. The zero-order chi connectivity index (χ0) is 11.6. The molecule has 2 rings (SSSR count). The molecule has 0 aromatic heterocycles. The van der Waals surface area contributed by atoms with Gasteiger partial charge >= 0.3 is 0 Å². The standard InChI is InChI=1S/C9H17N3O3S/c1-16(13,14)11-6-3-9(4-7-11)10-12-5-2-8-15-12/h2,8-10H,3-7H2,1H3. The van der Waals surface area contributed by atoms with Crippen LogP contribution in [0.1, 0.15) is 12.8 Å². The Bertz CT molecular complexity index is 352. The van der Waals surface area contributed by atoms with E-state index in [-0.39, 0.29) is 6.04 Å². The van der Waals surface area contributed by atoms with Gasteiger partial charge in [-0.1, -0.05) is 5.17 Å². The maximum absolute atomic E-state index is 11.3. The first-order valence-corrected chi connectivity index (χ1v) is 7.21. The number of piperidine rings is 1. The summed E-state index contributed by atoms with van der Waals surface area (Å²) in [4.78, 5) is 5.16. The molecule has 1 saturated heterocycles. The first-order chi connectivity index (χ1) is 7.55. The van der Waals surface area contributed by atoms with Crippen molar-refractivity contribution in [1.82, 2.24) is 14.9 Å². The number of rotatable bonds is 3. The fraction of sp³-hybridized carbons (Fsp3) is 0.778. The lowest BCUT2D eigenvalue weighted by molar-refractivity contribution is -0.133. The normalized spacial score (nSPS) is 24.8. The van der Waals surface area contributed by atoms with Gasteiger partial charge in [-0.3, -0.25) is 0 Å². The quantitative estimate of drug-likeness (QED) is 0.740. The average molecular weight is 247 g/mol. The van der Waals surface area contributed by atoms with Gasteiger partial charge in [-0.2, -0.15) is 0 Å². The maximum atomic E-state index is 11.3. The molecule has 0 aromatic rings. The van der Waals surface area contributed by atoms with Crippen LogP contribution in [-0.4, -0.2) is 49.8 Å². The van der Waals surface area contributed by atoms with Crippen LogP contribution in [0, 0.1) is 0 Å². The van der Waals surface area contributed by atoms with E-state index in [4.69, 9.17) is 4.84 Å². The van der Waals surface area contributed by atoms with E-state index in [2.05, 4.69) is 5.43 Å². The molecule has 1 N–H and O–H groups in total. The Balaban J connectivity index is 1.77. The number of hydrogen-bond donors (Lipinski definition) is 1. The molecule has 7 heteroatoms. The van der Waals surface area contributed by atoms with Gasteiger partial charge in [0.2, 0.25) is 10.0 Å². The van der Waals surface area contributed by atoms with Crippen LogP contribution in [-0.2, 0) is 14.9 Å². The predicted octanol–water partition coefficient (Wildman–Crippen LogP) is -0.324. The van der Waals surface area contributed by atoms with Gasteiger partial charge in [-0.05, 0) is 18.9 Å². The Labute approximate surface area is 95.8 Å². The molecular weight excluding hydrogens is 230 g/mol. The Kier molecular flexibility index (Phi) is 3.48. The molecule has 0 radical (unpaired) electrons. The number of hydrazine groups is 1. The van der Waals surface area contributed by atoms with Crippen molar-refractivity contribution in [2.24, 2.45) is 0 Å². The number of nitrogens with one attached hydrogen (secondary N) is 1. The second-order valence-electron chi connectivity index (χ2n) is 4.10. The molecule has 0 saturated carbocycles. The summed E-state index contributed by atoms with van der Waals surface area (Å²) in [6, 6.07) is 0.290. The van der Waals surface area contributed by atoms with Crippen molar-refractivity contribution in [2.75, 3.05) is 25.9 Å². The maximum Gasteiger partial charge on any atom is 0.211 e. The van der Waals surface area contributed by atoms with Crippen molar-refractivity contribution in [2.45, 2.75) is 18.9 Å². The fourth-order valence-electron chi connectivity index (χ4n) is 1.90. The van der Waals surface area contributed by atoms with E-state index < -0.39 is 10.0 Å². The molecule has 0 unspecified atom stereocenters. The van der Waals surface area contributed by atoms with Crippen molar-refractivity contribution >= 4 is 10.0 Å². The highest BCUT2D eigenvalue weighted by Gasteiger charge is 2.26. The van der Waals surface area contributed by atoms with Crippen LogP contribution in [0.25, 0.3) is 0 Å². The van der Waals surface area contributed by atoms with Crippen molar-refractivity contribution in [3.63, 3.8) is 0 Å². The molecule has 92 valence electrons. The Morgan fingerprint density at radius 1 is 1.38 bits per heavy atom. The third kappa shape index (κ3) is 2.94. The zero-order valence-corrected chi connectivity index (χ0v) is 10.1. The molecule has 0 spiro atoms. The van der Waals surface area contributed by atoms with E-state index in [0.717, 1.165) is 19.4 Å². The van der Waals surface area contributed by atoms with E-state index in [1.807, 2.05) is 6.08 Å². The second-order valence-corrected chi connectivity index (χ2v) is 6.09. The van der Waals surface area contributed by atoms with E-state index in [0.29, 0.717) is 13.1 Å². The van der Waals surface area contributed by atoms with Gasteiger partial charge in [0.15, 0.2) is 0 Å². The van der Waals surface area contributed by atoms with Crippen LogP contribution in [0.4, 0.5) is 0 Å². The molecule has 0 atom stereocenters. The smallest absolute Gasteiger partial charge is 0.211 e. The van der Waals surface area contributed by atoms with Crippen LogP contribution < -0.4 is 5.43 Å². The third-order valence-electron chi connectivity index (χ3n) is 2.81. The number of hydroxylamine groups is 1. The molecule has 2 aliphatic heterocycles. The number of sulfonamides is 1. The lowest BCUT2D eigenvalue weighted by Gasteiger charge is -2.32. The average Bonchev–Trinajstić information content (AvgIpc) is 2.70.